The zero-order valence-electron chi connectivity index (χ0n) is 18.1. The summed E-state index contributed by atoms with van der Waals surface area (Å²) < 4.78 is 5.91. The van der Waals surface area contributed by atoms with E-state index in [1.807, 2.05) is 7.05 Å². The Balaban J connectivity index is 0.00000392. The zero-order valence-corrected chi connectivity index (χ0v) is 20.4. The van der Waals surface area contributed by atoms with E-state index >= 15 is 0 Å². The molecule has 1 aromatic carbocycles. The Morgan fingerprint density at radius 1 is 1.29 bits per heavy atom. The number of hydrogen-bond acceptors (Lipinski definition) is 4. The molecule has 0 bridgehead atoms. The minimum Gasteiger partial charge on any atom is -0.374 e. The summed E-state index contributed by atoms with van der Waals surface area (Å²) in [6, 6.07) is 8.67. The Kier molecular flexibility index (Phi) is 12.0. The Bertz CT molecular complexity index is 594. The number of nitrogens with zero attached hydrogens (tertiary/aromatic N) is 3. The summed E-state index contributed by atoms with van der Waals surface area (Å²) in [4.78, 5) is 9.02. The minimum absolute atomic E-state index is 0. The molecule has 2 N–H and O–H groups in total. The second-order valence-electron chi connectivity index (χ2n) is 8.01. The van der Waals surface area contributed by atoms with Gasteiger partial charge in [-0.25, -0.2) is 0 Å². The molecule has 0 aliphatic carbocycles. The highest BCUT2D eigenvalue weighted by atomic mass is 127. The molecular weight excluding hydrogens is 465 g/mol. The molecular formula is C21H38IN5O. The quantitative estimate of drug-likeness (QED) is 0.324. The van der Waals surface area contributed by atoms with Crippen LogP contribution in [0.5, 0.6) is 0 Å². The first-order valence-corrected chi connectivity index (χ1v) is 9.97. The van der Waals surface area contributed by atoms with Crippen molar-refractivity contribution in [3.63, 3.8) is 0 Å². The van der Waals surface area contributed by atoms with Gasteiger partial charge in [0.05, 0.1) is 12.7 Å². The number of benzene rings is 1. The average Bonchev–Trinajstić information content (AvgIpc) is 2.61. The predicted octanol–water partition coefficient (Wildman–Crippen LogP) is 2.39. The van der Waals surface area contributed by atoms with Crippen LogP contribution in [0.15, 0.2) is 29.3 Å². The van der Waals surface area contributed by atoms with Gasteiger partial charge in [-0.3, -0.25) is 9.89 Å². The van der Waals surface area contributed by atoms with Crippen LogP contribution in [-0.2, 0) is 17.8 Å². The van der Waals surface area contributed by atoms with Crippen LogP contribution in [0.4, 0.5) is 0 Å². The normalized spacial score (nSPS) is 18.2. The van der Waals surface area contributed by atoms with Gasteiger partial charge in [0.2, 0.25) is 0 Å². The summed E-state index contributed by atoms with van der Waals surface area (Å²) in [6.45, 7) is 11.0. The van der Waals surface area contributed by atoms with Gasteiger partial charge in [0.1, 0.15) is 0 Å². The zero-order chi connectivity index (χ0) is 19.6. The van der Waals surface area contributed by atoms with Crippen molar-refractivity contribution in [3.05, 3.63) is 35.4 Å². The maximum absolute atomic E-state index is 5.91. The monoisotopic (exact) mass is 503 g/mol. The summed E-state index contributed by atoms with van der Waals surface area (Å²) in [5.74, 6) is 1.51. The standard InChI is InChI=1S/C21H37N5O.HI/c1-17(2)14-26-9-10-27-20(16-26)13-24-21(22-3)23-12-18-7-6-8-19(11-18)15-25(4)5;/h6-8,11,17,20H,9-10,12-16H2,1-5H3,(H2,22,23,24);1H. The van der Waals surface area contributed by atoms with Gasteiger partial charge in [-0.2, -0.15) is 0 Å². The summed E-state index contributed by atoms with van der Waals surface area (Å²) in [6.07, 6.45) is 0.208. The molecule has 1 heterocycles. The molecule has 2 rings (SSSR count). The van der Waals surface area contributed by atoms with Crippen molar-refractivity contribution in [2.24, 2.45) is 10.9 Å². The van der Waals surface area contributed by atoms with Gasteiger partial charge in [-0.15, -0.1) is 24.0 Å². The van der Waals surface area contributed by atoms with E-state index in [1.165, 1.54) is 11.1 Å². The SMILES string of the molecule is CN=C(NCc1cccc(CN(C)C)c1)NCC1CN(CC(C)C)CCO1.I. The molecule has 28 heavy (non-hydrogen) atoms. The van der Waals surface area contributed by atoms with Crippen LogP contribution in [0, 0.1) is 5.92 Å². The number of aliphatic imine (C=N–C) groups is 1. The lowest BCUT2D eigenvalue weighted by atomic mass is 10.1. The number of hydrogen-bond donors (Lipinski definition) is 2. The first kappa shape index (κ1) is 25.1. The Hall–Kier alpha value is -0.900. The topological polar surface area (TPSA) is 52.1 Å². The fourth-order valence-corrected chi connectivity index (χ4v) is 3.41. The fraction of sp³-hybridized carbons (Fsp3) is 0.667. The molecule has 7 heteroatoms. The molecule has 1 unspecified atom stereocenters. The van der Waals surface area contributed by atoms with E-state index in [0.29, 0.717) is 5.92 Å². The number of nitrogens with one attached hydrogen (secondary N) is 2. The van der Waals surface area contributed by atoms with E-state index in [9.17, 15) is 0 Å². The number of halogens is 1. The summed E-state index contributed by atoms with van der Waals surface area (Å²) in [5.41, 5.74) is 2.58. The molecule has 0 radical (unpaired) electrons. The van der Waals surface area contributed by atoms with Crippen LogP contribution in [0.3, 0.4) is 0 Å². The second-order valence-corrected chi connectivity index (χ2v) is 8.01. The second kappa shape index (κ2) is 13.3. The van der Waals surface area contributed by atoms with Crippen molar-refractivity contribution < 1.29 is 4.74 Å². The van der Waals surface area contributed by atoms with Gasteiger partial charge in [-0.1, -0.05) is 38.1 Å². The van der Waals surface area contributed by atoms with Gasteiger partial charge >= 0.3 is 0 Å². The highest BCUT2D eigenvalue weighted by Gasteiger charge is 2.21. The maximum Gasteiger partial charge on any atom is 0.191 e. The van der Waals surface area contributed by atoms with Gasteiger partial charge in [0.25, 0.3) is 0 Å². The van der Waals surface area contributed by atoms with Gasteiger partial charge < -0.3 is 20.3 Å². The van der Waals surface area contributed by atoms with E-state index in [1.54, 1.807) is 0 Å². The largest absolute Gasteiger partial charge is 0.374 e. The van der Waals surface area contributed by atoms with Gasteiger partial charge in [-0.05, 0) is 31.1 Å². The maximum atomic E-state index is 5.91. The highest BCUT2D eigenvalue weighted by molar-refractivity contribution is 14.0. The molecule has 6 nitrogen and oxygen atoms in total. The Morgan fingerprint density at radius 3 is 2.71 bits per heavy atom. The number of morpholine rings is 1. The lowest BCUT2D eigenvalue weighted by molar-refractivity contribution is -0.0284. The third kappa shape index (κ3) is 9.54. The van der Waals surface area contributed by atoms with E-state index < -0.39 is 0 Å². The summed E-state index contributed by atoms with van der Waals surface area (Å²) in [5, 5.41) is 6.81. The number of ether oxygens (including phenoxy) is 1. The lowest BCUT2D eigenvalue weighted by Gasteiger charge is -2.34. The van der Waals surface area contributed by atoms with Crippen molar-refractivity contribution in [2.45, 2.75) is 33.0 Å². The molecule has 1 aromatic rings. The first-order chi connectivity index (χ1) is 13.0. The third-order valence-electron chi connectivity index (χ3n) is 4.52. The van der Waals surface area contributed by atoms with Crippen LogP contribution in [-0.4, -0.2) is 75.8 Å². The van der Waals surface area contributed by atoms with E-state index in [4.69, 9.17) is 4.74 Å². The number of guanidine groups is 1. The third-order valence-corrected chi connectivity index (χ3v) is 4.52. The predicted molar refractivity (Wildman–Crippen MR) is 128 cm³/mol. The average molecular weight is 503 g/mol. The number of rotatable bonds is 8. The molecule has 1 aliphatic heterocycles. The summed E-state index contributed by atoms with van der Waals surface area (Å²) >= 11 is 0. The lowest BCUT2D eigenvalue weighted by Crippen LogP contribution is -2.50. The first-order valence-electron chi connectivity index (χ1n) is 9.97. The van der Waals surface area contributed by atoms with E-state index in [-0.39, 0.29) is 30.1 Å². The van der Waals surface area contributed by atoms with E-state index in [0.717, 1.165) is 51.8 Å². The van der Waals surface area contributed by atoms with Gasteiger partial charge in [0, 0.05) is 46.3 Å². The highest BCUT2D eigenvalue weighted by Crippen LogP contribution is 2.08. The molecule has 0 amide bonds. The molecule has 0 spiro atoms. The van der Waals surface area contributed by atoms with Crippen molar-refractivity contribution in [3.8, 4) is 0 Å². The van der Waals surface area contributed by atoms with Crippen LogP contribution in [0.2, 0.25) is 0 Å². The molecule has 0 aromatic heterocycles. The van der Waals surface area contributed by atoms with E-state index in [2.05, 4.69) is 77.6 Å². The van der Waals surface area contributed by atoms with Crippen molar-refractivity contribution >= 4 is 29.9 Å². The van der Waals surface area contributed by atoms with Crippen LogP contribution >= 0.6 is 24.0 Å². The smallest absolute Gasteiger partial charge is 0.191 e. The Labute approximate surface area is 188 Å². The molecule has 1 atom stereocenters. The van der Waals surface area contributed by atoms with Crippen molar-refractivity contribution in [2.75, 3.05) is 53.9 Å². The molecule has 0 saturated carbocycles. The minimum atomic E-state index is 0. The van der Waals surface area contributed by atoms with Crippen molar-refractivity contribution in [1.82, 2.24) is 20.4 Å². The van der Waals surface area contributed by atoms with Crippen LogP contribution in [0.1, 0.15) is 25.0 Å². The molecule has 1 saturated heterocycles. The molecule has 1 fully saturated rings. The summed E-state index contributed by atoms with van der Waals surface area (Å²) in [7, 11) is 5.99. The Morgan fingerprint density at radius 2 is 2.04 bits per heavy atom. The molecule has 160 valence electrons. The van der Waals surface area contributed by atoms with Crippen LogP contribution in [0.25, 0.3) is 0 Å². The fourth-order valence-electron chi connectivity index (χ4n) is 3.41. The van der Waals surface area contributed by atoms with Crippen molar-refractivity contribution in [1.29, 1.82) is 0 Å². The molecule has 1 aliphatic rings. The van der Waals surface area contributed by atoms with Gasteiger partial charge in [0.15, 0.2) is 5.96 Å². The van der Waals surface area contributed by atoms with Crippen LogP contribution < -0.4 is 10.6 Å².